The molecule has 3 nitrogen and oxygen atoms in total. The van der Waals surface area contributed by atoms with Crippen molar-refractivity contribution < 1.29 is 18.0 Å². The van der Waals surface area contributed by atoms with Crippen molar-refractivity contribution in [1.82, 2.24) is 9.78 Å². The SMILES string of the molecule is O=Cc1c(-c2cccc(F)c2)nn(-c2cc(F)cc(F)c2)c1Br. The zero-order chi connectivity index (χ0) is 16.6. The van der Waals surface area contributed by atoms with Gasteiger partial charge in [0.2, 0.25) is 0 Å². The molecule has 0 aliphatic rings. The zero-order valence-corrected chi connectivity index (χ0v) is 13.0. The highest BCUT2D eigenvalue weighted by Gasteiger charge is 2.19. The summed E-state index contributed by atoms with van der Waals surface area (Å²) in [4.78, 5) is 11.4. The number of halogens is 4. The quantitative estimate of drug-likeness (QED) is 0.625. The summed E-state index contributed by atoms with van der Waals surface area (Å²) >= 11 is 3.19. The van der Waals surface area contributed by atoms with Crippen LogP contribution in [0, 0.1) is 17.5 Å². The summed E-state index contributed by atoms with van der Waals surface area (Å²) in [6.07, 6.45) is 0.545. The molecule has 0 radical (unpaired) electrons. The first-order valence-corrected chi connectivity index (χ1v) is 7.25. The van der Waals surface area contributed by atoms with Gasteiger partial charge in [-0.05, 0) is 40.2 Å². The number of carbonyl (C=O) groups is 1. The lowest BCUT2D eigenvalue weighted by Crippen LogP contribution is -1.99. The van der Waals surface area contributed by atoms with E-state index in [9.17, 15) is 18.0 Å². The summed E-state index contributed by atoms with van der Waals surface area (Å²) < 4.78 is 41.6. The molecule has 0 saturated carbocycles. The van der Waals surface area contributed by atoms with Gasteiger partial charge in [0, 0.05) is 11.6 Å². The smallest absolute Gasteiger partial charge is 0.155 e. The van der Waals surface area contributed by atoms with Crippen LogP contribution in [0.4, 0.5) is 13.2 Å². The van der Waals surface area contributed by atoms with Crippen LogP contribution in [-0.4, -0.2) is 16.1 Å². The molecule has 7 heteroatoms. The first kappa shape index (κ1) is 15.5. The molecule has 116 valence electrons. The average molecular weight is 381 g/mol. The van der Waals surface area contributed by atoms with Gasteiger partial charge in [-0.2, -0.15) is 5.10 Å². The maximum Gasteiger partial charge on any atom is 0.155 e. The Morgan fingerprint density at radius 2 is 1.70 bits per heavy atom. The van der Waals surface area contributed by atoms with E-state index in [2.05, 4.69) is 21.0 Å². The summed E-state index contributed by atoms with van der Waals surface area (Å²) in [6.45, 7) is 0. The topological polar surface area (TPSA) is 34.9 Å². The van der Waals surface area contributed by atoms with Crippen LogP contribution >= 0.6 is 15.9 Å². The highest BCUT2D eigenvalue weighted by molar-refractivity contribution is 9.10. The van der Waals surface area contributed by atoms with E-state index in [4.69, 9.17) is 0 Å². The number of hydrogen-bond acceptors (Lipinski definition) is 2. The minimum Gasteiger partial charge on any atom is -0.298 e. The fraction of sp³-hybridized carbons (Fsp3) is 0. The van der Waals surface area contributed by atoms with Crippen LogP contribution in [0.3, 0.4) is 0 Å². The Hall–Kier alpha value is -2.41. The van der Waals surface area contributed by atoms with Gasteiger partial charge in [-0.15, -0.1) is 0 Å². The number of nitrogens with zero attached hydrogens (tertiary/aromatic N) is 2. The fourth-order valence-electron chi connectivity index (χ4n) is 2.20. The fourth-order valence-corrected chi connectivity index (χ4v) is 2.76. The molecule has 0 fully saturated rings. The lowest BCUT2D eigenvalue weighted by Gasteiger charge is -2.03. The third-order valence-corrected chi connectivity index (χ3v) is 3.93. The number of aldehydes is 1. The Bertz CT molecular complexity index is 888. The van der Waals surface area contributed by atoms with Gasteiger partial charge in [0.15, 0.2) is 6.29 Å². The van der Waals surface area contributed by atoms with Crippen LogP contribution in [0.15, 0.2) is 47.1 Å². The van der Waals surface area contributed by atoms with Crippen molar-refractivity contribution >= 4 is 22.2 Å². The van der Waals surface area contributed by atoms with Crippen LogP contribution < -0.4 is 0 Å². The van der Waals surface area contributed by atoms with Gasteiger partial charge in [0.1, 0.15) is 27.7 Å². The molecule has 2 aromatic carbocycles. The molecule has 3 aromatic rings. The molecule has 0 bridgehead atoms. The molecular weight excluding hydrogens is 373 g/mol. The van der Waals surface area contributed by atoms with Crippen molar-refractivity contribution in [3.05, 3.63) is 70.1 Å². The van der Waals surface area contributed by atoms with Gasteiger partial charge in [-0.25, -0.2) is 17.9 Å². The molecule has 0 saturated heterocycles. The highest BCUT2D eigenvalue weighted by atomic mass is 79.9. The third kappa shape index (κ3) is 2.92. The maximum atomic E-state index is 13.4. The molecule has 0 spiro atoms. The van der Waals surface area contributed by atoms with Crippen molar-refractivity contribution in [2.75, 3.05) is 0 Å². The van der Waals surface area contributed by atoms with Gasteiger partial charge in [0.05, 0.1) is 11.3 Å². The molecule has 0 unspecified atom stereocenters. The molecule has 0 aliphatic carbocycles. The van der Waals surface area contributed by atoms with E-state index in [0.29, 0.717) is 11.8 Å². The van der Waals surface area contributed by atoms with E-state index in [1.807, 2.05) is 0 Å². The summed E-state index contributed by atoms with van der Waals surface area (Å²) in [5.74, 6) is -2.04. The van der Waals surface area contributed by atoms with Crippen LogP contribution in [0.1, 0.15) is 10.4 Å². The van der Waals surface area contributed by atoms with Crippen molar-refractivity contribution in [1.29, 1.82) is 0 Å². The predicted molar refractivity (Wildman–Crippen MR) is 82.0 cm³/mol. The Morgan fingerprint density at radius 3 is 2.30 bits per heavy atom. The molecular formula is C16H8BrF3N2O. The number of benzene rings is 2. The minimum absolute atomic E-state index is 0.0973. The molecule has 0 aliphatic heterocycles. The largest absolute Gasteiger partial charge is 0.298 e. The van der Waals surface area contributed by atoms with E-state index in [1.165, 1.54) is 22.9 Å². The molecule has 23 heavy (non-hydrogen) atoms. The van der Waals surface area contributed by atoms with Crippen LogP contribution in [0.2, 0.25) is 0 Å². The monoisotopic (exact) mass is 380 g/mol. The predicted octanol–water partition coefficient (Wildman–Crippen LogP) is 4.53. The van der Waals surface area contributed by atoms with E-state index in [1.54, 1.807) is 6.07 Å². The van der Waals surface area contributed by atoms with E-state index >= 15 is 0 Å². The first-order valence-electron chi connectivity index (χ1n) is 6.45. The van der Waals surface area contributed by atoms with E-state index < -0.39 is 17.5 Å². The third-order valence-electron chi connectivity index (χ3n) is 3.17. The average Bonchev–Trinajstić information content (AvgIpc) is 2.83. The molecule has 0 N–H and O–H groups in total. The number of aromatic nitrogens is 2. The van der Waals surface area contributed by atoms with Crippen molar-refractivity contribution in [2.45, 2.75) is 0 Å². The molecule has 3 rings (SSSR count). The van der Waals surface area contributed by atoms with E-state index in [0.717, 1.165) is 18.2 Å². The lowest BCUT2D eigenvalue weighted by atomic mass is 10.1. The summed E-state index contributed by atoms with van der Waals surface area (Å²) in [6, 6.07) is 8.43. The summed E-state index contributed by atoms with van der Waals surface area (Å²) in [5, 5.41) is 4.18. The second-order valence-corrected chi connectivity index (χ2v) is 5.47. The van der Waals surface area contributed by atoms with Crippen molar-refractivity contribution in [2.24, 2.45) is 0 Å². The Labute approximate surface area is 137 Å². The zero-order valence-electron chi connectivity index (χ0n) is 11.4. The standard InChI is InChI=1S/C16H8BrF3N2O/c17-16-14(8-23)15(9-2-1-3-10(18)4-9)21-22(16)13-6-11(19)5-12(20)7-13/h1-8H. The second-order valence-electron chi connectivity index (χ2n) is 4.72. The molecule has 0 amide bonds. The lowest BCUT2D eigenvalue weighted by molar-refractivity contribution is 0.112. The summed E-state index contributed by atoms with van der Waals surface area (Å²) in [5.41, 5.74) is 0.833. The minimum atomic E-state index is -0.776. The Morgan fingerprint density at radius 1 is 1.00 bits per heavy atom. The molecule has 1 heterocycles. The first-order chi connectivity index (χ1) is 11.0. The second kappa shape index (κ2) is 6.00. The Balaban J connectivity index is 2.22. The van der Waals surface area contributed by atoms with Crippen LogP contribution in [0.25, 0.3) is 16.9 Å². The Kier molecular flexibility index (Phi) is 4.04. The number of carbonyl (C=O) groups excluding carboxylic acids is 1. The van der Waals surface area contributed by atoms with Gasteiger partial charge >= 0.3 is 0 Å². The highest BCUT2D eigenvalue weighted by Crippen LogP contribution is 2.30. The molecule has 0 atom stereocenters. The maximum absolute atomic E-state index is 13.4. The van der Waals surface area contributed by atoms with E-state index in [-0.39, 0.29) is 21.5 Å². The van der Waals surface area contributed by atoms with Crippen molar-refractivity contribution in [3.8, 4) is 16.9 Å². The van der Waals surface area contributed by atoms with Crippen LogP contribution in [0.5, 0.6) is 0 Å². The van der Waals surface area contributed by atoms with Crippen LogP contribution in [-0.2, 0) is 0 Å². The van der Waals surface area contributed by atoms with Gasteiger partial charge in [0.25, 0.3) is 0 Å². The van der Waals surface area contributed by atoms with Gasteiger partial charge in [-0.1, -0.05) is 12.1 Å². The van der Waals surface area contributed by atoms with Gasteiger partial charge in [-0.3, -0.25) is 4.79 Å². The number of hydrogen-bond donors (Lipinski definition) is 0. The normalized spacial score (nSPS) is 10.8. The van der Waals surface area contributed by atoms with Gasteiger partial charge < -0.3 is 0 Å². The summed E-state index contributed by atoms with van der Waals surface area (Å²) in [7, 11) is 0. The molecule has 1 aromatic heterocycles. The number of rotatable bonds is 3. The van der Waals surface area contributed by atoms with Crippen molar-refractivity contribution in [3.63, 3.8) is 0 Å².